The normalized spacial score (nSPS) is 28.9. The van der Waals surface area contributed by atoms with Gasteiger partial charge in [0.15, 0.2) is 6.29 Å². The van der Waals surface area contributed by atoms with Crippen LogP contribution in [-0.4, -0.2) is 77.8 Å². The molecule has 7 heteroatoms. The van der Waals surface area contributed by atoms with E-state index in [1.165, 1.54) is 6.42 Å². The van der Waals surface area contributed by atoms with E-state index in [4.69, 9.17) is 0 Å². The summed E-state index contributed by atoms with van der Waals surface area (Å²) in [6.45, 7) is 7.67. The van der Waals surface area contributed by atoms with Crippen molar-refractivity contribution in [2.45, 2.75) is 45.2 Å². The molecule has 0 bridgehead atoms. The molecule has 31 heavy (non-hydrogen) atoms. The second kappa shape index (κ2) is 7.57. The van der Waals surface area contributed by atoms with Crippen molar-refractivity contribution in [1.82, 2.24) is 19.3 Å². The third-order valence-corrected chi connectivity index (χ3v) is 7.59. The van der Waals surface area contributed by atoms with Gasteiger partial charge in [-0.2, -0.15) is 0 Å². The van der Waals surface area contributed by atoms with Gasteiger partial charge < -0.3 is 24.6 Å². The number of benzene rings is 1. The van der Waals surface area contributed by atoms with Crippen LogP contribution >= 0.6 is 0 Å². The number of nitrogens with one attached hydrogen (secondary N) is 1. The molecule has 1 aromatic carbocycles. The van der Waals surface area contributed by atoms with Crippen molar-refractivity contribution in [2.24, 2.45) is 5.92 Å². The van der Waals surface area contributed by atoms with Crippen molar-refractivity contribution in [2.75, 3.05) is 44.4 Å². The van der Waals surface area contributed by atoms with Gasteiger partial charge in [0.2, 0.25) is 0 Å². The van der Waals surface area contributed by atoms with Crippen molar-refractivity contribution < 1.29 is 4.79 Å². The molecule has 4 atom stereocenters. The minimum absolute atomic E-state index is 0.0389. The van der Waals surface area contributed by atoms with Gasteiger partial charge in [-0.25, -0.2) is 0 Å². The molecule has 2 aromatic rings. The molecule has 0 radical (unpaired) electrons. The lowest BCUT2D eigenvalue weighted by atomic mass is 10.1. The lowest BCUT2D eigenvalue weighted by Crippen LogP contribution is -2.56. The highest BCUT2D eigenvalue weighted by Crippen LogP contribution is 2.44. The summed E-state index contributed by atoms with van der Waals surface area (Å²) in [7, 11) is 6.24. The second-order valence-corrected chi connectivity index (χ2v) is 9.61. The van der Waals surface area contributed by atoms with Crippen molar-refractivity contribution in [1.29, 1.82) is 0 Å². The Morgan fingerprint density at radius 1 is 1.06 bits per heavy atom. The molecular weight excluding hydrogens is 388 g/mol. The molecule has 1 amide bonds. The fraction of sp³-hybridized carbons (Fsp3) is 0.542. The zero-order valence-electron chi connectivity index (χ0n) is 19.2. The number of nitrogens with zero attached hydrogens (tertiary/aromatic N) is 5. The quantitative estimate of drug-likeness (QED) is 0.821. The minimum atomic E-state index is -0.0389. The highest BCUT2D eigenvalue weighted by molar-refractivity contribution is 6.07. The Morgan fingerprint density at radius 3 is 2.48 bits per heavy atom. The number of anilines is 3. The van der Waals surface area contributed by atoms with Gasteiger partial charge in [-0.05, 0) is 59.0 Å². The summed E-state index contributed by atoms with van der Waals surface area (Å²) in [4.78, 5) is 22.7. The summed E-state index contributed by atoms with van der Waals surface area (Å²) in [6.07, 6.45) is 3.38. The van der Waals surface area contributed by atoms with Gasteiger partial charge in [0.05, 0.1) is 5.69 Å². The predicted molar refractivity (Wildman–Crippen MR) is 125 cm³/mol. The first-order valence-electron chi connectivity index (χ1n) is 11.4. The highest BCUT2D eigenvalue weighted by atomic mass is 16.2. The van der Waals surface area contributed by atoms with E-state index >= 15 is 0 Å². The number of carbonyl (C=O) groups excluding carboxylic acids is 1. The zero-order valence-corrected chi connectivity index (χ0v) is 19.2. The average molecular weight is 423 g/mol. The van der Waals surface area contributed by atoms with Crippen LogP contribution in [0.5, 0.6) is 0 Å². The van der Waals surface area contributed by atoms with Crippen LogP contribution in [0.2, 0.25) is 0 Å². The van der Waals surface area contributed by atoms with E-state index in [2.05, 4.69) is 70.9 Å². The Bertz CT molecular complexity index is 972. The molecule has 2 fully saturated rings. The SMILES string of the molecule is CC1C(C)N2c3cn(CC4CCN(C)C4)c(Nc4ccccc4)c3C(=O)N(C)C2N1C. The number of hydrogen-bond acceptors (Lipinski definition) is 5. The number of carbonyl (C=O) groups is 1. The Kier molecular flexibility index (Phi) is 4.98. The van der Waals surface area contributed by atoms with Gasteiger partial charge in [0, 0.05) is 44.1 Å². The first-order valence-corrected chi connectivity index (χ1v) is 11.4. The Labute approximate surface area is 185 Å². The van der Waals surface area contributed by atoms with Crippen molar-refractivity contribution in [3.05, 3.63) is 42.1 Å². The average Bonchev–Trinajstić information content (AvgIpc) is 3.39. The van der Waals surface area contributed by atoms with Crippen LogP contribution in [0.4, 0.5) is 17.2 Å². The van der Waals surface area contributed by atoms with Crippen LogP contribution in [0.3, 0.4) is 0 Å². The van der Waals surface area contributed by atoms with Crippen LogP contribution in [-0.2, 0) is 6.54 Å². The van der Waals surface area contributed by atoms with Crippen molar-refractivity contribution in [3.63, 3.8) is 0 Å². The van der Waals surface area contributed by atoms with E-state index in [0.29, 0.717) is 18.0 Å². The van der Waals surface area contributed by atoms with E-state index in [1.807, 2.05) is 30.1 Å². The van der Waals surface area contributed by atoms with Crippen molar-refractivity contribution in [3.8, 4) is 0 Å². The van der Waals surface area contributed by atoms with Crippen LogP contribution < -0.4 is 10.2 Å². The number of rotatable bonds is 4. The largest absolute Gasteiger partial charge is 0.341 e. The highest BCUT2D eigenvalue weighted by Gasteiger charge is 2.50. The first kappa shape index (κ1) is 20.4. The van der Waals surface area contributed by atoms with Crippen LogP contribution in [0.15, 0.2) is 36.5 Å². The predicted octanol–water partition coefficient (Wildman–Crippen LogP) is 3.08. The third kappa shape index (κ3) is 3.22. The molecule has 7 nitrogen and oxygen atoms in total. The number of fused-ring (bicyclic) bond motifs is 3. The van der Waals surface area contributed by atoms with Crippen LogP contribution in [0, 0.1) is 5.92 Å². The van der Waals surface area contributed by atoms with E-state index in [0.717, 1.165) is 42.4 Å². The minimum Gasteiger partial charge on any atom is -0.341 e. The molecule has 0 saturated carbocycles. The van der Waals surface area contributed by atoms with Gasteiger partial charge in [-0.3, -0.25) is 9.69 Å². The number of amides is 1. The summed E-state index contributed by atoms with van der Waals surface area (Å²) in [6, 6.07) is 10.9. The van der Waals surface area contributed by atoms with Crippen LogP contribution in [0.1, 0.15) is 30.6 Å². The molecule has 3 aliphatic heterocycles. The number of para-hydroxylation sites is 1. The zero-order chi connectivity index (χ0) is 21.9. The lowest BCUT2D eigenvalue weighted by molar-refractivity contribution is 0.0523. The van der Waals surface area contributed by atoms with E-state index in [1.54, 1.807) is 0 Å². The number of likely N-dealkylation sites (N-methyl/N-ethyl adjacent to an activating group) is 1. The summed E-state index contributed by atoms with van der Waals surface area (Å²) >= 11 is 0. The standard InChI is InChI=1S/C24H34N6O/c1-16-17(2)30-20-15-29(14-18-11-12-26(3)13-18)22(25-19-9-7-6-8-10-19)21(20)23(31)28(5)24(30)27(16)4/h6-10,15-18,24-25H,11-14H2,1-5H3. The summed E-state index contributed by atoms with van der Waals surface area (Å²) in [5.41, 5.74) is 2.86. The molecule has 1 N–H and O–H groups in total. The third-order valence-electron chi connectivity index (χ3n) is 7.59. The summed E-state index contributed by atoms with van der Waals surface area (Å²) in [5, 5.41) is 3.60. The molecule has 1 aromatic heterocycles. The van der Waals surface area contributed by atoms with Gasteiger partial charge in [-0.15, -0.1) is 0 Å². The van der Waals surface area contributed by atoms with Gasteiger partial charge in [0.1, 0.15) is 11.4 Å². The monoisotopic (exact) mass is 422 g/mol. The fourth-order valence-corrected chi connectivity index (χ4v) is 5.61. The summed E-state index contributed by atoms with van der Waals surface area (Å²) in [5.74, 6) is 1.60. The molecule has 166 valence electrons. The maximum Gasteiger partial charge on any atom is 0.262 e. The van der Waals surface area contributed by atoms with E-state index < -0.39 is 0 Å². The molecule has 3 aliphatic rings. The number of hydrogen-bond donors (Lipinski definition) is 1. The van der Waals surface area contributed by atoms with Gasteiger partial charge in [0.25, 0.3) is 5.91 Å². The van der Waals surface area contributed by atoms with Gasteiger partial charge >= 0.3 is 0 Å². The Morgan fingerprint density at radius 2 is 1.81 bits per heavy atom. The molecule has 0 spiro atoms. The smallest absolute Gasteiger partial charge is 0.262 e. The number of likely N-dealkylation sites (tertiary alicyclic amines) is 1. The molecule has 4 unspecified atom stereocenters. The second-order valence-electron chi connectivity index (χ2n) is 9.61. The lowest BCUT2D eigenvalue weighted by Gasteiger charge is -2.41. The summed E-state index contributed by atoms with van der Waals surface area (Å²) < 4.78 is 2.30. The van der Waals surface area contributed by atoms with Crippen LogP contribution in [0.25, 0.3) is 0 Å². The molecule has 2 saturated heterocycles. The molecule has 0 aliphatic carbocycles. The van der Waals surface area contributed by atoms with E-state index in [9.17, 15) is 4.79 Å². The maximum atomic E-state index is 13.6. The topological polar surface area (TPSA) is 47.0 Å². The van der Waals surface area contributed by atoms with E-state index in [-0.39, 0.29) is 12.2 Å². The molecular formula is C24H34N6O. The van der Waals surface area contributed by atoms with Gasteiger partial charge in [-0.1, -0.05) is 18.2 Å². The first-order chi connectivity index (χ1) is 14.9. The molecule has 4 heterocycles. The van der Waals surface area contributed by atoms with Crippen molar-refractivity contribution >= 4 is 23.1 Å². The Balaban J connectivity index is 1.61. The fourth-order valence-electron chi connectivity index (χ4n) is 5.61. The maximum absolute atomic E-state index is 13.6. The molecule has 5 rings (SSSR count). The Hall–Kier alpha value is -2.51. The number of aromatic nitrogens is 1.